The van der Waals surface area contributed by atoms with Gasteiger partial charge in [0.15, 0.2) is 5.78 Å². The molecular weight excluding hydrogens is 323 g/mol. The number of hydrogen-bond donors (Lipinski definition) is 2. The quantitative estimate of drug-likeness (QED) is 0.655. The fourth-order valence-electron chi connectivity index (χ4n) is 1.87. The Bertz CT molecular complexity index is 658. The summed E-state index contributed by atoms with van der Waals surface area (Å²) in [4.78, 5) is 11.3. The van der Waals surface area contributed by atoms with Crippen LogP contribution >= 0.6 is 15.9 Å². The second-order valence-electron chi connectivity index (χ2n) is 4.45. The van der Waals surface area contributed by atoms with Gasteiger partial charge >= 0.3 is 0 Å². The fourth-order valence-corrected chi connectivity index (χ4v) is 2.28. The molecule has 0 spiro atoms. The number of ketones is 1. The lowest BCUT2D eigenvalue weighted by atomic mass is 10.1. The second-order valence-corrected chi connectivity index (χ2v) is 5.36. The summed E-state index contributed by atoms with van der Waals surface area (Å²) < 4.78 is 14.4. The van der Waals surface area contributed by atoms with Crippen molar-refractivity contribution >= 4 is 33.1 Å². The Hall–Kier alpha value is -1.88. The molecule has 20 heavy (non-hydrogen) atoms. The van der Waals surface area contributed by atoms with Gasteiger partial charge in [0.1, 0.15) is 5.82 Å². The fraction of sp³-hybridized carbons (Fsp3) is 0.133. The molecule has 0 saturated carbocycles. The predicted molar refractivity (Wildman–Crippen MR) is 82.3 cm³/mol. The summed E-state index contributed by atoms with van der Waals surface area (Å²) in [5.74, 6) is -0.346. The van der Waals surface area contributed by atoms with Crippen LogP contribution in [0, 0.1) is 5.82 Å². The molecule has 0 bridgehead atoms. The minimum absolute atomic E-state index is 0.0768. The second kappa shape index (κ2) is 6.05. The standard InChI is InChI=1S/C15H14BrFN2O/c1-9(20)13-4-3-12(7-15(13)18)19-8-10-6-11(16)2-5-14(10)17/h2-7,19H,8,18H2,1H3. The molecule has 0 saturated heterocycles. The van der Waals surface area contributed by atoms with Crippen LogP contribution in [0.5, 0.6) is 0 Å². The molecule has 0 unspecified atom stereocenters. The monoisotopic (exact) mass is 336 g/mol. The lowest BCUT2D eigenvalue weighted by molar-refractivity contribution is 0.101. The first kappa shape index (κ1) is 14.5. The molecule has 0 aliphatic heterocycles. The average molecular weight is 337 g/mol. The van der Waals surface area contributed by atoms with Crippen LogP contribution in [0.1, 0.15) is 22.8 Å². The van der Waals surface area contributed by atoms with E-state index in [4.69, 9.17) is 5.73 Å². The lowest BCUT2D eigenvalue weighted by Crippen LogP contribution is -2.04. The van der Waals surface area contributed by atoms with E-state index in [0.29, 0.717) is 23.4 Å². The Morgan fingerprint density at radius 3 is 2.70 bits per heavy atom. The van der Waals surface area contributed by atoms with Crippen molar-refractivity contribution in [2.24, 2.45) is 0 Å². The molecule has 104 valence electrons. The van der Waals surface area contributed by atoms with Crippen molar-refractivity contribution in [2.75, 3.05) is 11.1 Å². The zero-order chi connectivity index (χ0) is 14.7. The summed E-state index contributed by atoms with van der Waals surface area (Å²) in [6.07, 6.45) is 0. The summed E-state index contributed by atoms with van der Waals surface area (Å²) in [5.41, 5.74) is 8.00. The molecule has 2 aromatic rings. The van der Waals surface area contributed by atoms with Crippen LogP contribution in [0.15, 0.2) is 40.9 Å². The first-order chi connectivity index (χ1) is 9.47. The van der Waals surface area contributed by atoms with Gasteiger partial charge in [-0.2, -0.15) is 0 Å². The molecule has 0 radical (unpaired) electrons. The number of nitrogen functional groups attached to an aromatic ring is 1. The van der Waals surface area contributed by atoms with E-state index in [1.807, 2.05) is 0 Å². The third kappa shape index (κ3) is 3.36. The molecule has 3 nitrogen and oxygen atoms in total. The number of carbonyl (C=O) groups excluding carboxylic acids is 1. The van der Waals surface area contributed by atoms with Gasteiger partial charge in [-0.25, -0.2) is 4.39 Å². The first-order valence-electron chi connectivity index (χ1n) is 6.05. The molecule has 0 aliphatic carbocycles. The number of benzene rings is 2. The molecule has 0 aliphatic rings. The maximum absolute atomic E-state index is 13.6. The Labute approximate surface area is 125 Å². The van der Waals surface area contributed by atoms with Crippen LogP contribution in [-0.4, -0.2) is 5.78 Å². The van der Waals surface area contributed by atoms with Crippen molar-refractivity contribution < 1.29 is 9.18 Å². The third-order valence-corrected chi connectivity index (χ3v) is 3.41. The highest BCUT2D eigenvalue weighted by Gasteiger charge is 2.06. The van der Waals surface area contributed by atoms with E-state index in [2.05, 4.69) is 21.2 Å². The molecule has 0 amide bonds. The van der Waals surface area contributed by atoms with Crippen molar-refractivity contribution in [3.8, 4) is 0 Å². The predicted octanol–water partition coefficient (Wildman–Crippen LogP) is 3.99. The van der Waals surface area contributed by atoms with Crippen molar-refractivity contribution in [2.45, 2.75) is 13.5 Å². The molecule has 5 heteroatoms. The highest BCUT2D eigenvalue weighted by Crippen LogP contribution is 2.21. The molecule has 0 atom stereocenters. The summed E-state index contributed by atoms with van der Waals surface area (Å²) in [6.45, 7) is 1.81. The van der Waals surface area contributed by atoms with Gasteiger partial charge in [-0.1, -0.05) is 15.9 Å². The van der Waals surface area contributed by atoms with Gasteiger partial charge in [-0.15, -0.1) is 0 Å². The summed E-state index contributed by atoms with van der Waals surface area (Å²) in [6, 6.07) is 9.87. The number of halogens is 2. The zero-order valence-corrected chi connectivity index (χ0v) is 12.5. The Morgan fingerprint density at radius 2 is 2.05 bits per heavy atom. The van der Waals surface area contributed by atoms with Crippen LogP contribution in [0.3, 0.4) is 0 Å². The van der Waals surface area contributed by atoms with Crippen LogP contribution in [0.2, 0.25) is 0 Å². The largest absolute Gasteiger partial charge is 0.398 e. The topological polar surface area (TPSA) is 55.1 Å². The average Bonchev–Trinajstić information content (AvgIpc) is 2.39. The number of Topliss-reactive ketones (excluding diaryl/α,β-unsaturated/α-hetero) is 1. The van der Waals surface area contributed by atoms with Crippen molar-refractivity contribution in [1.82, 2.24) is 0 Å². The van der Waals surface area contributed by atoms with Crippen molar-refractivity contribution in [3.63, 3.8) is 0 Å². The summed E-state index contributed by atoms with van der Waals surface area (Å²) >= 11 is 3.31. The normalized spacial score (nSPS) is 10.3. The van der Waals surface area contributed by atoms with Gasteiger partial charge in [0.25, 0.3) is 0 Å². The molecule has 2 rings (SSSR count). The highest BCUT2D eigenvalue weighted by molar-refractivity contribution is 9.10. The van der Waals surface area contributed by atoms with Crippen molar-refractivity contribution in [3.05, 3.63) is 57.8 Å². The number of carbonyl (C=O) groups is 1. The molecule has 0 aromatic heterocycles. The first-order valence-corrected chi connectivity index (χ1v) is 6.85. The number of hydrogen-bond acceptors (Lipinski definition) is 3. The minimum Gasteiger partial charge on any atom is -0.398 e. The molecule has 2 aromatic carbocycles. The van der Waals surface area contributed by atoms with Crippen LogP contribution < -0.4 is 11.1 Å². The van der Waals surface area contributed by atoms with E-state index in [1.54, 1.807) is 30.3 Å². The molecule has 3 N–H and O–H groups in total. The lowest BCUT2D eigenvalue weighted by Gasteiger charge is -2.10. The maximum Gasteiger partial charge on any atom is 0.161 e. The van der Waals surface area contributed by atoms with Crippen LogP contribution in [-0.2, 0) is 6.54 Å². The smallest absolute Gasteiger partial charge is 0.161 e. The number of anilines is 2. The van der Waals surface area contributed by atoms with Gasteiger partial charge < -0.3 is 11.1 Å². The number of nitrogens with one attached hydrogen (secondary N) is 1. The van der Waals surface area contributed by atoms with Crippen LogP contribution in [0.25, 0.3) is 0 Å². The van der Waals surface area contributed by atoms with E-state index in [9.17, 15) is 9.18 Å². The maximum atomic E-state index is 13.6. The van der Waals surface area contributed by atoms with Gasteiger partial charge in [0.05, 0.1) is 0 Å². The van der Waals surface area contributed by atoms with E-state index < -0.39 is 0 Å². The van der Waals surface area contributed by atoms with Gasteiger partial charge in [-0.3, -0.25) is 4.79 Å². The third-order valence-electron chi connectivity index (χ3n) is 2.92. The van der Waals surface area contributed by atoms with Gasteiger partial charge in [-0.05, 0) is 43.3 Å². The Kier molecular flexibility index (Phi) is 4.39. The molecular formula is C15H14BrFN2O. The van der Waals surface area contributed by atoms with E-state index in [1.165, 1.54) is 13.0 Å². The van der Waals surface area contributed by atoms with Crippen LogP contribution in [0.4, 0.5) is 15.8 Å². The van der Waals surface area contributed by atoms with Gasteiger partial charge in [0, 0.05) is 33.5 Å². The Morgan fingerprint density at radius 1 is 1.30 bits per heavy atom. The number of rotatable bonds is 4. The SMILES string of the molecule is CC(=O)c1ccc(NCc2cc(Br)ccc2F)cc1N. The van der Waals surface area contributed by atoms with E-state index >= 15 is 0 Å². The van der Waals surface area contributed by atoms with E-state index in [0.717, 1.165) is 10.2 Å². The summed E-state index contributed by atoms with van der Waals surface area (Å²) in [7, 11) is 0. The van der Waals surface area contributed by atoms with E-state index in [-0.39, 0.29) is 11.6 Å². The summed E-state index contributed by atoms with van der Waals surface area (Å²) in [5, 5.41) is 3.08. The van der Waals surface area contributed by atoms with Crippen molar-refractivity contribution in [1.29, 1.82) is 0 Å². The molecule has 0 fully saturated rings. The zero-order valence-electron chi connectivity index (χ0n) is 10.9. The molecule has 0 heterocycles. The minimum atomic E-state index is -0.269. The van der Waals surface area contributed by atoms with Gasteiger partial charge in [0.2, 0.25) is 0 Å². The highest BCUT2D eigenvalue weighted by atomic mass is 79.9. The Balaban J connectivity index is 2.13. The number of nitrogens with two attached hydrogens (primary N) is 1.